The van der Waals surface area contributed by atoms with E-state index in [1.54, 1.807) is 7.11 Å². The first-order valence-corrected chi connectivity index (χ1v) is 9.21. The molecule has 0 saturated heterocycles. The fourth-order valence-electron chi connectivity index (χ4n) is 3.07. The molecule has 0 spiro atoms. The van der Waals surface area contributed by atoms with E-state index in [4.69, 9.17) is 21.3 Å². The topological polar surface area (TPSA) is 50.3 Å². The third-order valence-corrected chi connectivity index (χ3v) is 4.63. The molecule has 0 aliphatic rings. The van der Waals surface area contributed by atoms with Gasteiger partial charge in [-0.3, -0.25) is 0 Å². The van der Waals surface area contributed by atoms with Gasteiger partial charge in [-0.2, -0.15) is 0 Å². The standard InChI is InChI=1S/C20H25ClN4O/c1-13(6-5-11-25(2)3)22-19-15-8-7-14(21)12-17(15)23-16-9-10-18(26-4)24-20(16)19/h7-10,12-13H,5-6,11H2,1-4H3,(H,22,23)/t13-/m0/s1. The third kappa shape index (κ3) is 4.17. The van der Waals surface area contributed by atoms with E-state index in [1.165, 1.54) is 0 Å². The Labute approximate surface area is 159 Å². The van der Waals surface area contributed by atoms with Gasteiger partial charge in [0.1, 0.15) is 5.52 Å². The van der Waals surface area contributed by atoms with Gasteiger partial charge in [-0.05, 0) is 64.7 Å². The molecule has 0 unspecified atom stereocenters. The number of ether oxygens (including phenoxy) is 1. The molecule has 0 saturated carbocycles. The first-order valence-electron chi connectivity index (χ1n) is 8.83. The van der Waals surface area contributed by atoms with Gasteiger partial charge in [-0.15, -0.1) is 0 Å². The van der Waals surface area contributed by atoms with E-state index < -0.39 is 0 Å². The second-order valence-electron chi connectivity index (χ2n) is 6.86. The van der Waals surface area contributed by atoms with Crippen LogP contribution in [-0.2, 0) is 0 Å². The number of rotatable bonds is 7. The summed E-state index contributed by atoms with van der Waals surface area (Å²) in [6.45, 7) is 3.27. The van der Waals surface area contributed by atoms with Crippen LogP contribution in [0.25, 0.3) is 21.9 Å². The van der Waals surface area contributed by atoms with Gasteiger partial charge in [0.2, 0.25) is 5.88 Å². The Morgan fingerprint density at radius 1 is 1.15 bits per heavy atom. The Bertz CT molecular complexity index is 913. The number of methoxy groups -OCH3 is 1. The van der Waals surface area contributed by atoms with Gasteiger partial charge >= 0.3 is 0 Å². The summed E-state index contributed by atoms with van der Waals surface area (Å²) >= 11 is 6.17. The van der Waals surface area contributed by atoms with Crippen molar-refractivity contribution in [3.63, 3.8) is 0 Å². The molecule has 1 N–H and O–H groups in total. The van der Waals surface area contributed by atoms with Gasteiger partial charge in [-0.25, -0.2) is 9.97 Å². The normalized spacial score (nSPS) is 12.7. The van der Waals surface area contributed by atoms with E-state index in [-0.39, 0.29) is 0 Å². The van der Waals surface area contributed by atoms with E-state index in [0.717, 1.165) is 47.0 Å². The first kappa shape index (κ1) is 18.7. The molecule has 138 valence electrons. The molecule has 0 radical (unpaired) electrons. The summed E-state index contributed by atoms with van der Waals surface area (Å²) in [6.07, 6.45) is 2.20. The van der Waals surface area contributed by atoms with E-state index in [1.807, 2.05) is 30.3 Å². The number of nitrogens with one attached hydrogen (secondary N) is 1. The summed E-state index contributed by atoms with van der Waals surface area (Å²) in [5, 5.41) is 5.35. The smallest absolute Gasteiger partial charge is 0.213 e. The molecule has 5 nitrogen and oxygen atoms in total. The molecule has 2 heterocycles. The van der Waals surface area contributed by atoms with Crippen molar-refractivity contribution in [2.75, 3.05) is 33.1 Å². The lowest BCUT2D eigenvalue weighted by molar-refractivity contribution is 0.390. The van der Waals surface area contributed by atoms with Crippen molar-refractivity contribution in [3.8, 4) is 5.88 Å². The summed E-state index contributed by atoms with van der Waals surface area (Å²) in [5.74, 6) is 0.580. The number of anilines is 1. The third-order valence-electron chi connectivity index (χ3n) is 4.40. The van der Waals surface area contributed by atoms with E-state index >= 15 is 0 Å². The average molecular weight is 373 g/mol. The molecule has 0 amide bonds. The number of benzene rings is 1. The monoisotopic (exact) mass is 372 g/mol. The number of fused-ring (bicyclic) bond motifs is 2. The summed E-state index contributed by atoms with van der Waals surface area (Å²) in [7, 11) is 5.82. The highest BCUT2D eigenvalue weighted by Crippen LogP contribution is 2.33. The number of nitrogens with zero attached hydrogens (tertiary/aromatic N) is 3. The molecule has 3 aromatic rings. The highest BCUT2D eigenvalue weighted by atomic mass is 35.5. The molecule has 1 atom stereocenters. The lowest BCUT2D eigenvalue weighted by Gasteiger charge is -2.19. The molecule has 0 fully saturated rings. The molecule has 0 aliphatic carbocycles. The minimum absolute atomic E-state index is 0.312. The van der Waals surface area contributed by atoms with Crippen LogP contribution >= 0.6 is 11.6 Å². The highest BCUT2D eigenvalue weighted by Gasteiger charge is 2.14. The van der Waals surface area contributed by atoms with Crippen molar-refractivity contribution in [1.82, 2.24) is 14.9 Å². The molecule has 0 aliphatic heterocycles. The Hall–Kier alpha value is -2.11. The van der Waals surface area contributed by atoms with Crippen LogP contribution < -0.4 is 10.1 Å². The average Bonchev–Trinajstić information content (AvgIpc) is 2.60. The summed E-state index contributed by atoms with van der Waals surface area (Å²) in [6, 6.07) is 9.86. The molecule has 0 bridgehead atoms. The minimum atomic E-state index is 0.312. The maximum atomic E-state index is 6.17. The quantitative estimate of drug-likeness (QED) is 0.615. The maximum absolute atomic E-state index is 6.17. The fraction of sp³-hybridized carbons (Fsp3) is 0.400. The van der Waals surface area contributed by atoms with Crippen molar-refractivity contribution in [3.05, 3.63) is 35.4 Å². The van der Waals surface area contributed by atoms with Crippen molar-refractivity contribution in [2.24, 2.45) is 0 Å². The second-order valence-corrected chi connectivity index (χ2v) is 7.30. The Morgan fingerprint density at radius 2 is 1.96 bits per heavy atom. The van der Waals surface area contributed by atoms with Gasteiger partial charge in [0, 0.05) is 22.5 Å². The molecule has 2 aromatic heterocycles. The van der Waals surface area contributed by atoms with Crippen LogP contribution in [0.4, 0.5) is 5.69 Å². The minimum Gasteiger partial charge on any atom is -0.481 e. The number of hydrogen-bond acceptors (Lipinski definition) is 5. The summed E-state index contributed by atoms with van der Waals surface area (Å²) in [4.78, 5) is 11.6. The van der Waals surface area contributed by atoms with Crippen LogP contribution in [-0.4, -0.2) is 48.7 Å². The molecule has 3 rings (SSSR count). The van der Waals surface area contributed by atoms with Gasteiger partial charge in [0.25, 0.3) is 0 Å². The second kappa shape index (κ2) is 8.06. The van der Waals surface area contributed by atoms with E-state index in [9.17, 15) is 0 Å². The molecule has 6 heteroatoms. The zero-order valence-electron chi connectivity index (χ0n) is 15.7. The zero-order chi connectivity index (χ0) is 18.7. The van der Waals surface area contributed by atoms with Crippen LogP contribution in [0.2, 0.25) is 5.02 Å². The predicted molar refractivity (Wildman–Crippen MR) is 109 cm³/mol. The first-order chi connectivity index (χ1) is 12.5. The highest BCUT2D eigenvalue weighted by molar-refractivity contribution is 6.31. The Balaban J connectivity index is 2.03. The molecule has 1 aromatic carbocycles. The van der Waals surface area contributed by atoms with Gasteiger partial charge in [0.05, 0.1) is 23.8 Å². The summed E-state index contributed by atoms with van der Waals surface area (Å²) < 4.78 is 5.31. The fourth-order valence-corrected chi connectivity index (χ4v) is 3.23. The predicted octanol–water partition coefficient (Wildman–Crippen LogP) is 4.59. The van der Waals surface area contributed by atoms with Gasteiger partial charge in [-0.1, -0.05) is 11.6 Å². The van der Waals surface area contributed by atoms with Crippen LogP contribution in [0.15, 0.2) is 30.3 Å². The van der Waals surface area contributed by atoms with Crippen molar-refractivity contribution in [2.45, 2.75) is 25.8 Å². The lowest BCUT2D eigenvalue weighted by Crippen LogP contribution is -2.19. The van der Waals surface area contributed by atoms with Crippen molar-refractivity contribution < 1.29 is 4.74 Å². The lowest BCUT2D eigenvalue weighted by atomic mass is 10.1. The molecular formula is C20H25ClN4O. The van der Waals surface area contributed by atoms with Crippen LogP contribution in [0.5, 0.6) is 5.88 Å². The van der Waals surface area contributed by atoms with Crippen LogP contribution in [0.3, 0.4) is 0 Å². The molecular weight excluding hydrogens is 348 g/mol. The number of halogens is 1. The van der Waals surface area contributed by atoms with Gasteiger partial charge in [0.15, 0.2) is 0 Å². The van der Waals surface area contributed by atoms with Gasteiger partial charge < -0.3 is 15.0 Å². The number of aromatic nitrogens is 2. The van der Waals surface area contributed by atoms with E-state index in [2.05, 4.69) is 36.2 Å². The summed E-state index contributed by atoms with van der Waals surface area (Å²) in [5.41, 5.74) is 3.49. The SMILES string of the molecule is COc1ccc2nc3cc(Cl)ccc3c(N[C@@H](C)CCCN(C)C)c2n1. The van der Waals surface area contributed by atoms with Crippen molar-refractivity contribution >= 4 is 39.2 Å². The number of hydrogen-bond donors (Lipinski definition) is 1. The Kier molecular flexibility index (Phi) is 5.79. The number of pyridine rings is 2. The largest absolute Gasteiger partial charge is 0.481 e. The zero-order valence-corrected chi connectivity index (χ0v) is 16.5. The maximum Gasteiger partial charge on any atom is 0.213 e. The molecule has 26 heavy (non-hydrogen) atoms. The van der Waals surface area contributed by atoms with E-state index in [0.29, 0.717) is 16.9 Å². The van der Waals surface area contributed by atoms with Crippen molar-refractivity contribution in [1.29, 1.82) is 0 Å². The van der Waals surface area contributed by atoms with Crippen LogP contribution in [0, 0.1) is 0 Å². The Morgan fingerprint density at radius 3 is 2.69 bits per heavy atom. The van der Waals surface area contributed by atoms with Crippen LogP contribution in [0.1, 0.15) is 19.8 Å².